The number of anilines is 2. The van der Waals surface area contributed by atoms with E-state index in [9.17, 15) is 19.2 Å². The van der Waals surface area contributed by atoms with Crippen molar-refractivity contribution in [3.63, 3.8) is 0 Å². The van der Waals surface area contributed by atoms with E-state index in [4.69, 9.17) is 11.5 Å². The zero-order chi connectivity index (χ0) is 35.0. The Hall–Kier alpha value is -6.10. The lowest BCUT2D eigenvalue weighted by Crippen LogP contribution is -2.41. The summed E-state index contributed by atoms with van der Waals surface area (Å²) in [5.74, 6) is -1.32. The van der Waals surface area contributed by atoms with Gasteiger partial charge >= 0.3 is 5.91 Å². The van der Waals surface area contributed by atoms with Crippen molar-refractivity contribution in [1.29, 1.82) is 0 Å². The van der Waals surface area contributed by atoms with Gasteiger partial charge in [-0.25, -0.2) is 9.97 Å². The summed E-state index contributed by atoms with van der Waals surface area (Å²) in [7, 11) is 0. The van der Waals surface area contributed by atoms with Gasteiger partial charge in [0.05, 0.1) is 27.3 Å². The number of aromatic amines is 1. The maximum absolute atomic E-state index is 13.4. The van der Waals surface area contributed by atoms with Gasteiger partial charge in [-0.1, -0.05) is 12.2 Å². The van der Waals surface area contributed by atoms with E-state index < -0.39 is 11.8 Å². The Morgan fingerprint density at radius 3 is 2.29 bits per heavy atom. The lowest BCUT2D eigenvalue weighted by Gasteiger charge is -2.09. The zero-order valence-corrected chi connectivity index (χ0v) is 28.1. The summed E-state index contributed by atoms with van der Waals surface area (Å²) >= 11 is 1.18. The number of carbonyl (C=O) groups excluding carboxylic acids is 4. The lowest BCUT2D eigenvalue weighted by atomic mass is 10.2. The molecule has 4 amide bonds. The topological polar surface area (TPSA) is 218 Å². The molecule has 5 aromatic heterocycles. The van der Waals surface area contributed by atoms with E-state index in [1.807, 2.05) is 39.8 Å². The first-order valence-corrected chi connectivity index (χ1v) is 16.3. The maximum atomic E-state index is 13.4. The number of benzene rings is 1. The molecule has 7 N–H and O–H groups in total. The minimum atomic E-state index is -0.592. The van der Waals surface area contributed by atoms with Crippen molar-refractivity contribution in [2.45, 2.75) is 53.9 Å². The second-order valence-electron chi connectivity index (χ2n) is 11.3. The van der Waals surface area contributed by atoms with Crippen LogP contribution < -0.4 is 26.8 Å². The number of hydrogen-bond acceptors (Lipinski definition) is 8. The van der Waals surface area contributed by atoms with Crippen LogP contribution in [0, 0.1) is 13.8 Å². The number of carbonyl (C=O) groups is 4. The van der Waals surface area contributed by atoms with E-state index in [-0.39, 0.29) is 36.4 Å². The summed E-state index contributed by atoms with van der Waals surface area (Å²) in [4.78, 5) is 60.7. The number of aromatic nitrogens is 8. The van der Waals surface area contributed by atoms with Crippen molar-refractivity contribution in [2.75, 3.05) is 10.6 Å². The third-order valence-electron chi connectivity index (χ3n) is 7.83. The predicted molar refractivity (Wildman–Crippen MR) is 183 cm³/mol. The molecular weight excluding hydrogens is 648 g/mol. The first-order valence-electron chi connectivity index (χ1n) is 15.5. The average Bonchev–Trinajstić information content (AvgIpc) is 3.87. The van der Waals surface area contributed by atoms with Crippen molar-refractivity contribution in [1.82, 2.24) is 34.0 Å². The van der Waals surface area contributed by atoms with Crippen LogP contribution in [0.1, 0.15) is 66.2 Å². The molecule has 17 heteroatoms. The zero-order valence-electron chi connectivity index (χ0n) is 27.3. The van der Waals surface area contributed by atoms with Crippen LogP contribution in [-0.4, -0.2) is 57.6 Å². The van der Waals surface area contributed by atoms with Crippen LogP contribution in [0.2, 0.25) is 0 Å². The van der Waals surface area contributed by atoms with Crippen molar-refractivity contribution in [3.8, 4) is 0 Å². The summed E-state index contributed by atoms with van der Waals surface area (Å²) in [5, 5.41) is 13.3. The fourth-order valence-electron chi connectivity index (χ4n) is 5.55. The first kappa shape index (κ1) is 32.8. The molecule has 5 heterocycles. The molecule has 1 aromatic carbocycles. The number of H-pyrrole nitrogens is 1. The molecule has 0 fully saturated rings. The number of hydrogen-bond donors (Lipinski definition) is 5. The Morgan fingerprint density at radius 2 is 1.59 bits per heavy atom. The molecule has 6 aromatic rings. The third kappa shape index (κ3) is 6.42. The van der Waals surface area contributed by atoms with Gasteiger partial charge in [0.2, 0.25) is 17.8 Å². The van der Waals surface area contributed by atoms with E-state index in [2.05, 4.69) is 30.8 Å². The lowest BCUT2D eigenvalue weighted by molar-refractivity contribution is -0.748. The van der Waals surface area contributed by atoms with Gasteiger partial charge in [0.1, 0.15) is 16.0 Å². The van der Waals surface area contributed by atoms with Crippen LogP contribution in [0.3, 0.4) is 0 Å². The number of nitrogens with two attached hydrogens (primary N) is 2. The molecule has 0 atom stereocenters. The Bertz CT molecular complexity index is 2300. The number of aryl methyl sites for hydroxylation is 4. The Balaban J connectivity index is 1.31. The smallest absolute Gasteiger partial charge is 0.325 e. The SMILES string of the molecule is CCn1nc(C)cc1C(=O)Nc1nc2cc(C(N)=O)sc2n1CC=CCn1c(NC(=O)c2cc(C)[nH][n+]2CC)nc2cc(C(N)=O)ccc21. The monoisotopic (exact) mass is 683 g/mol. The minimum absolute atomic E-state index is 0.274. The van der Waals surface area contributed by atoms with E-state index in [0.29, 0.717) is 62.4 Å². The molecular formula is C32H35N12O4S+. The minimum Gasteiger partial charge on any atom is -0.366 e. The number of fused-ring (bicyclic) bond motifs is 2. The standard InChI is InChI=1S/C32H34N12O4S/c1-5-43-23(13-17(3)39-43)28(47)37-31-35-20-15-19(26(33)45)9-10-22(20)41(31)11-7-8-12-42-30-21(16-25(49-30)27(34)46)36-32(42)38-29(48)24-14-18(4)40-44(24)6-2/h7-10,13-16H,5-6,11-12H2,1-4H3,(H6,33,34,35,36,37,38,45,46,47,48)/p+1. The summed E-state index contributed by atoms with van der Waals surface area (Å²) < 4.78 is 6.94. The van der Waals surface area contributed by atoms with Crippen LogP contribution in [0.25, 0.3) is 21.4 Å². The molecule has 0 aliphatic rings. The summed E-state index contributed by atoms with van der Waals surface area (Å²) in [5.41, 5.74) is 15.4. The van der Waals surface area contributed by atoms with Crippen molar-refractivity contribution in [3.05, 3.63) is 81.8 Å². The van der Waals surface area contributed by atoms with E-state index in [1.54, 1.807) is 54.9 Å². The normalized spacial score (nSPS) is 11.6. The number of primary amides is 2. The van der Waals surface area contributed by atoms with Crippen LogP contribution in [0.15, 0.2) is 48.6 Å². The van der Waals surface area contributed by atoms with Crippen LogP contribution in [0.4, 0.5) is 11.9 Å². The number of imidazole rings is 2. The van der Waals surface area contributed by atoms with E-state index in [0.717, 1.165) is 5.69 Å². The fraction of sp³-hybridized carbons (Fsp3) is 0.250. The largest absolute Gasteiger partial charge is 0.366 e. The quantitative estimate of drug-likeness (QED) is 0.0959. The highest BCUT2D eigenvalue weighted by Gasteiger charge is 2.24. The molecule has 0 unspecified atom stereocenters. The van der Waals surface area contributed by atoms with E-state index in [1.165, 1.54) is 11.3 Å². The molecule has 0 aliphatic carbocycles. The molecule has 0 bridgehead atoms. The number of amides is 4. The highest BCUT2D eigenvalue weighted by Crippen LogP contribution is 2.29. The van der Waals surface area contributed by atoms with Crippen molar-refractivity contribution < 1.29 is 23.9 Å². The molecule has 0 aliphatic heterocycles. The van der Waals surface area contributed by atoms with Crippen LogP contribution in [-0.2, 0) is 26.2 Å². The Kier molecular flexibility index (Phi) is 8.84. The molecule has 0 saturated carbocycles. The van der Waals surface area contributed by atoms with Crippen LogP contribution in [0.5, 0.6) is 0 Å². The van der Waals surface area contributed by atoms with Crippen LogP contribution >= 0.6 is 11.3 Å². The van der Waals surface area contributed by atoms with Gasteiger partial charge in [0, 0.05) is 31.3 Å². The highest BCUT2D eigenvalue weighted by atomic mass is 32.1. The summed E-state index contributed by atoms with van der Waals surface area (Å²) in [6.45, 7) is 9.15. The Morgan fingerprint density at radius 1 is 0.898 bits per heavy atom. The first-order chi connectivity index (χ1) is 23.5. The molecule has 0 saturated heterocycles. The van der Waals surface area contributed by atoms with Gasteiger partial charge in [-0.2, -0.15) is 10.2 Å². The molecule has 0 spiro atoms. The fourth-order valence-corrected chi connectivity index (χ4v) is 6.51. The highest BCUT2D eigenvalue weighted by molar-refractivity contribution is 7.20. The number of rotatable bonds is 12. The summed E-state index contributed by atoms with van der Waals surface area (Å²) in [6, 6.07) is 9.97. The molecule has 16 nitrogen and oxygen atoms in total. The molecule has 6 rings (SSSR count). The second kappa shape index (κ2) is 13.2. The average molecular weight is 684 g/mol. The van der Waals surface area contributed by atoms with E-state index >= 15 is 0 Å². The van der Waals surface area contributed by atoms with Crippen molar-refractivity contribution in [2.24, 2.45) is 11.5 Å². The van der Waals surface area contributed by atoms with Gasteiger partial charge in [0.25, 0.3) is 17.5 Å². The number of thiophene rings is 1. The Labute approximate surface area is 283 Å². The second-order valence-corrected chi connectivity index (χ2v) is 12.3. The number of allylic oxidation sites excluding steroid dienone is 2. The summed E-state index contributed by atoms with van der Waals surface area (Å²) in [6.07, 6.45) is 3.75. The molecule has 0 radical (unpaired) electrons. The molecule has 49 heavy (non-hydrogen) atoms. The number of nitrogens with zero attached hydrogens (tertiary/aromatic N) is 7. The maximum Gasteiger partial charge on any atom is 0.325 e. The third-order valence-corrected chi connectivity index (χ3v) is 8.99. The molecule has 252 valence electrons. The van der Waals surface area contributed by atoms with Gasteiger partial charge < -0.3 is 16.0 Å². The van der Waals surface area contributed by atoms with Crippen molar-refractivity contribution >= 4 is 68.2 Å². The predicted octanol–water partition coefficient (Wildman–Crippen LogP) is 2.88. The van der Waals surface area contributed by atoms with Gasteiger partial charge in [-0.05, 0) is 58.0 Å². The van der Waals surface area contributed by atoms with Gasteiger partial charge in [-0.15, -0.1) is 16.0 Å². The van der Waals surface area contributed by atoms with Gasteiger partial charge in [-0.3, -0.25) is 39.1 Å². The van der Waals surface area contributed by atoms with Gasteiger partial charge in [0.15, 0.2) is 6.54 Å². The number of nitrogens with one attached hydrogen (secondary N) is 3.